The molecule has 3 atom stereocenters. The standard InChI is InChI=1S/C26H36F3N3O3/c1-4-35-23(33)18-6-5-10-31(15-18)21-7-9-25(13-21,17(2)3)24(34)32-11-8-22-19(16-32)12-20(14-30-22)26(27,28)29/h12,14,17-18,21H,4-11,13,15-16H2,1-3H3/t18?,21-,25+/m1/s1. The van der Waals surface area contributed by atoms with Crippen LogP contribution in [-0.4, -0.2) is 58.9 Å². The molecule has 0 N–H and O–H groups in total. The Kier molecular flexibility index (Phi) is 7.46. The molecule has 1 saturated carbocycles. The maximum Gasteiger partial charge on any atom is 0.417 e. The highest BCUT2D eigenvalue weighted by Crippen LogP contribution is 2.48. The molecule has 0 spiro atoms. The lowest BCUT2D eigenvalue weighted by Crippen LogP contribution is -2.49. The molecule has 1 saturated heterocycles. The van der Waals surface area contributed by atoms with Gasteiger partial charge in [0.15, 0.2) is 0 Å². The van der Waals surface area contributed by atoms with E-state index in [0.29, 0.717) is 43.8 Å². The number of hydrogen-bond donors (Lipinski definition) is 0. The van der Waals surface area contributed by atoms with Crippen molar-refractivity contribution in [2.24, 2.45) is 17.3 Å². The fraction of sp³-hybridized carbons (Fsp3) is 0.731. The molecule has 1 amide bonds. The van der Waals surface area contributed by atoms with Crippen LogP contribution < -0.4 is 0 Å². The molecule has 194 valence electrons. The van der Waals surface area contributed by atoms with Crippen molar-refractivity contribution in [1.82, 2.24) is 14.8 Å². The second kappa shape index (κ2) is 10.1. The van der Waals surface area contributed by atoms with Crippen LogP contribution in [-0.2, 0) is 33.5 Å². The number of ether oxygens (including phenoxy) is 1. The number of alkyl halides is 3. The monoisotopic (exact) mass is 495 g/mol. The predicted octanol–water partition coefficient (Wildman–Crippen LogP) is 4.46. The molecule has 1 aromatic rings. The van der Waals surface area contributed by atoms with Gasteiger partial charge >= 0.3 is 12.1 Å². The summed E-state index contributed by atoms with van der Waals surface area (Å²) >= 11 is 0. The average molecular weight is 496 g/mol. The molecule has 1 unspecified atom stereocenters. The summed E-state index contributed by atoms with van der Waals surface area (Å²) in [5, 5.41) is 0. The van der Waals surface area contributed by atoms with E-state index in [1.54, 1.807) is 4.90 Å². The van der Waals surface area contributed by atoms with E-state index in [9.17, 15) is 22.8 Å². The van der Waals surface area contributed by atoms with Crippen LogP contribution >= 0.6 is 0 Å². The van der Waals surface area contributed by atoms with E-state index >= 15 is 0 Å². The highest BCUT2D eigenvalue weighted by molar-refractivity contribution is 5.84. The van der Waals surface area contributed by atoms with Gasteiger partial charge in [0.25, 0.3) is 0 Å². The van der Waals surface area contributed by atoms with Crippen LogP contribution in [0.25, 0.3) is 0 Å². The predicted molar refractivity (Wildman–Crippen MR) is 124 cm³/mol. The number of amides is 1. The average Bonchev–Trinajstić information content (AvgIpc) is 3.29. The van der Waals surface area contributed by atoms with Crippen molar-refractivity contribution < 1.29 is 27.5 Å². The molecule has 35 heavy (non-hydrogen) atoms. The number of nitrogens with zero attached hydrogens (tertiary/aromatic N) is 3. The third-order valence-electron chi connectivity index (χ3n) is 8.30. The number of likely N-dealkylation sites (tertiary alicyclic amines) is 1. The molecule has 2 aliphatic heterocycles. The zero-order valence-corrected chi connectivity index (χ0v) is 20.9. The van der Waals surface area contributed by atoms with Gasteiger partial charge in [-0.3, -0.25) is 19.5 Å². The number of esters is 1. The normalized spacial score (nSPS) is 27.7. The number of fused-ring (bicyclic) bond motifs is 1. The molecule has 0 aromatic carbocycles. The molecular formula is C26H36F3N3O3. The minimum atomic E-state index is -4.46. The summed E-state index contributed by atoms with van der Waals surface area (Å²) in [6, 6.07) is 1.36. The molecule has 9 heteroatoms. The Morgan fingerprint density at radius 3 is 2.71 bits per heavy atom. The Balaban J connectivity index is 1.48. The van der Waals surface area contributed by atoms with Crippen LogP contribution in [0.3, 0.4) is 0 Å². The number of pyridine rings is 1. The Bertz CT molecular complexity index is 952. The van der Waals surface area contributed by atoms with Crippen LogP contribution in [0, 0.1) is 17.3 Å². The van der Waals surface area contributed by atoms with E-state index in [-0.39, 0.29) is 36.3 Å². The molecule has 0 bridgehead atoms. The fourth-order valence-corrected chi connectivity index (χ4v) is 6.19. The van der Waals surface area contributed by atoms with E-state index in [4.69, 9.17) is 4.74 Å². The first-order valence-electron chi connectivity index (χ1n) is 12.8. The van der Waals surface area contributed by atoms with Crippen molar-refractivity contribution in [1.29, 1.82) is 0 Å². The number of rotatable bonds is 5. The third-order valence-corrected chi connectivity index (χ3v) is 8.30. The van der Waals surface area contributed by atoms with Crippen LogP contribution in [0.4, 0.5) is 13.2 Å². The maximum atomic E-state index is 13.9. The van der Waals surface area contributed by atoms with Crippen molar-refractivity contribution >= 4 is 11.9 Å². The second-order valence-corrected chi connectivity index (χ2v) is 10.6. The molecular weight excluding hydrogens is 459 g/mol. The first-order chi connectivity index (χ1) is 16.5. The van der Waals surface area contributed by atoms with Gasteiger partial charge in [-0.1, -0.05) is 13.8 Å². The Labute approximate surface area is 205 Å². The molecule has 3 aliphatic rings. The minimum Gasteiger partial charge on any atom is -0.466 e. The third kappa shape index (κ3) is 5.20. The number of halogens is 3. The van der Waals surface area contributed by atoms with Crippen molar-refractivity contribution in [3.63, 3.8) is 0 Å². The summed E-state index contributed by atoms with van der Waals surface area (Å²) in [5.41, 5.74) is -0.190. The molecule has 4 rings (SSSR count). The van der Waals surface area contributed by atoms with Crippen LogP contribution in [0.15, 0.2) is 12.3 Å². The largest absolute Gasteiger partial charge is 0.466 e. The maximum absolute atomic E-state index is 13.9. The second-order valence-electron chi connectivity index (χ2n) is 10.6. The van der Waals surface area contributed by atoms with E-state index in [1.807, 2.05) is 6.92 Å². The van der Waals surface area contributed by atoms with Gasteiger partial charge < -0.3 is 9.64 Å². The highest BCUT2D eigenvalue weighted by Gasteiger charge is 2.51. The molecule has 3 heterocycles. The zero-order chi connectivity index (χ0) is 25.4. The van der Waals surface area contributed by atoms with Gasteiger partial charge in [0.2, 0.25) is 5.91 Å². The quantitative estimate of drug-likeness (QED) is 0.565. The topological polar surface area (TPSA) is 62.7 Å². The van der Waals surface area contributed by atoms with Crippen molar-refractivity contribution in [3.8, 4) is 0 Å². The fourth-order valence-electron chi connectivity index (χ4n) is 6.19. The Hall–Kier alpha value is -2.16. The Morgan fingerprint density at radius 2 is 2.03 bits per heavy atom. The lowest BCUT2D eigenvalue weighted by atomic mass is 9.73. The SMILES string of the molecule is CCOC(=O)C1CCCN([C@@H]2CC[C@@](C(=O)N3CCc4ncc(C(F)(F)F)cc4C3)(C(C)C)C2)C1. The van der Waals surface area contributed by atoms with Crippen LogP contribution in [0.5, 0.6) is 0 Å². The summed E-state index contributed by atoms with van der Waals surface area (Å²) in [7, 11) is 0. The van der Waals surface area contributed by atoms with Crippen LogP contribution in [0.2, 0.25) is 0 Å². The van der Waals surface area contributed by atoms with E-state index in [0.717, 1.165) is 44.5 Å². The van der Waals surface area contributed by atoms with E-state index in [1.165, 1.54) is 0 Å². The first-order valence-corrected chi connectivity index (χ1v) is 12.8. The minimum absolute atomic E-state index is 0.0389. The molecule has 1 aliphatic carbocycles. The van der Waals surface area contributed by atoms with E-state index in [2.05, 4.69) is 23.7 Å². The summed E-state index contributed by atoms with van der Waals surface area (Å²) in [6.45, 7) is 8.54. The van der Waals surface area contributed by atoms with Crippen molar-refractivity contribution in [2.75, 3.05) is 26.2 Å². The van der Waals surface area contributed by atoms with Gasteiger partial charge in [0, 0.05) is 44.0 Å². The van der Waals surface area contributed by atoms with Crippen molar-refractivity contribution in [2.45, 2.75) is 78.1 Å². The number of carbonyl (C=O) groups excluding carboxylic acids is 2. The summed E-state index contributed by atoms with van der Waals surface area (Å²) in [4.78, 5) is 34.4. The number of piperidine rings is 1. The lowest BCUT2D eigenvalue weighted by Gasteiger charge is -2.41. The van der Waals surface area contributed by atoms with Gasteiger partial charge in [0.05, 0.1) is 23.5 Å². The molecule has 0 radical (unpaired) electrons. The van der Waals surface area contributed by atoms with Gasteiger partial charge in [-0.15, -0.1) is 0 Å². The smallest absolute Gasteiger partial charge is 0.417 e. The molecule has 2 fully saturated rings. The van der Waals surface area contributed by atoms with Crippen LogP contribution in [0.1, 0.15) is 69.7 Å². The lowest BCUT2D eigenvalue weighted by molar-refractivity contribution is -0.151. The number of hydrogen-bond acceptors (Lipinski definition) is 5. The Morgan fingerprint density at radius 1 is 1.26 bits per heavy atom. The van der Waals surface area contributed by atoms with Gasteiger partial charge in [-0.2, -0.15) is 13.2 Å². The first kappa shape index (κ1) is 25.9. The van der Waals surface area contributed by atoms with E-state index < -0.39 is 17.2 Å². The summed E-state index contributed by atoms with van der Waals surface area (Å²) in [5.74, 6) is -0.119. The number of carbonyl (C=O) groups is 2. The highest BCUT2D eigenvalue weighted by atomic mass is 19.4. The van der Waals surface area contributed by atoms with Gasteiger partial charge in [-0.25, -0.2) is 0 Å². The summed E-state index contributed by atoms with van der Waals surface area (Å²) in [6.07, 6.45) is 0.991. The van der Waals surface area contributed by atoms with Gasteiger partial charge in [-0.05, 0) is 63.1 Å². The summed E-state index contributed by atoms with van der Waals surface area (Å²) < 4.78 is 44.9. The van der Waals surface area contributed by atoms with Gasteiger partial charge in [0.1, 0.15) is 0 Å². The van der Waals surface area contributed by atoms with Crippen molar-refractivity contribution in [3.05, 3.63) is 29.1 Å². The molecule has 6 nitrogen and oxygen atoms in total. The number of aromatic nitrogens is 1. The molecule has 1 aromatic heterocycles. The zero-order valence-electron chi connectivity index (χ0n) is 20.9.